The highest BCUT2D eigenvalue weighted by molar-refractivity contribution is 9.10. The van der Waals surface area contributed by atoms with Crippen molar-refractivity contribution >= 4 is 27.5 Å². The van der Waals surface area contributed by atoms with Gasteiger partial charge in [-0.2, -0.15) is 0 Å². The number of hydrogen-bond acceptors (Lipinski definition) is 4. The van der Waals surface area contributed by atoms with Crippen LogP contribution in [-0.4, -0.2) is 27.1 Å². The van der Waals surface area contributed by atoms with E-state index in [0.29, 0.717) is 6.42 Å². The second-order valence-electron chi connectivity index (χ2n) is 2.53. The van der Waals surface area contributed by atoms with E-state index in [1.807, 2.05) is 18.2 Å². The van der Waals surface area contributed by atoms with E-state index < -0.39 is 0 Å². The number of carbonyl (C=O) groups excluding carboxylic acids is 1. The number of anilines is 1. The Morgan fingerprint density at radius 2 is 1.65 bits per heavy atom. The number of benzene rings is 1. The van der Waals surface area contributed by atoms with Crippen LogP contribution >= 0.6 is 15.9 Å². The zero-order valence-corrected chi connectivity index (χ0v) is 12.0. The van der Waals surface area contributed by atoms with E-state index in [4.69, 9.17) is 0 Å². The van der Waals surface area contributed by atoms with Crippen molar-refractivity contribution in [2.75, 3.05) is 26.5 Å². The van der Waals surface area contributed by atoms with Crippen molar-refractivity contribution in [2.24, 2.45) is 17.2 Å². The van der Waals surface area contributed by atoms with Crippen molar-refractivity contribution in [3.63, 3.8) is 0 Å². The molecule has 5 nitrogen and oxygen atoms in total. The average molecular weight is 305 g/mol. The van der Waals surface area contributed by atoms with Gasteiger partial charge in [-0.1, -0.05) is 22.0 Å². The fourth-order valence-electron chi connectivity index (χ4n) is 1.19. The zero-order chi connectivity index (χ0) is 13.8. The molecular weight excluding hydrogens is 284 g/mol. The number of carbonyl (C=O) groups is 1. The van der Waals surface area contributed by atoms with Gasteiger partial charge in [0.1, 0.15) is 0 Å². The molecule has 0 aliphatic carbocycles. The molecule has 0 spiro atoms. The maximum atomic E-state index is 10.9. The van der Waals surface area contributed by atoms with Gasteiger partial charge in [0.25, 0.3) is 0 Å². The van der Waals surface area contributed by atoms with Gasteiger partial charge in [0.15, 0.2) is 0 Å². The van der Waals surface area contributed by atoms with Crippen LogP contribution in [0.1, 0.15) is 5.56 Å². The van der Waals surface area contributed by atoms with Crippen molar-refractivity contribution in [3.05, 3.63) is 28.2 Å². The van der Waals surface area contributed by atoms with Gasteiger partial charge in [0, 0.05) is 10.2 Å². The predicted octanol–water partition coefficient (Wildman–Crippen LogP) is 0.668. The third-order valence-corrected chi connectivity index (χ3v) is 2.19. The Kier molecular flexibility index (Phi) is 12.5. The Labute approximate surface area is 111 Å². The molecule has 6 heteroatoms. The molecule has 1 aliphatic rings. The van der Waals surface area contributed by atoms with Crippen LogP contribution in [0.3, 0.4) is 0 Å². The number of nitrogens with one attached hydrogen (secondary N) is 1. The van der Waals surface area contributed by atoms with E-state index in [2.05, 4.69) is 38.4 Å². The highest BCUT2D eigenvalue weighted by Crippen LogP contribution is 2.25. The zero-order valence-electron chi connectivity index (χ0n) is 10.5. The van der Waals surface area contributed by atoms with E-state index in [-0.39, 0.29) is 5.91 Å². The van der Waals surface area contributed by atoms with Crippen LogP contribution in [0.25, 0.3) is 0 Å². The number of hydrogen-bond donors (Lipinski definition) is 4. The van der Waals surface area contributed by atoms with Crippen LogP contribution in [0.2, 0.25) is 0 Å². The molecule has 1 aromatic rings. The van der Waals surface area contributed by atoms with Gasteiger partial charge < -0.3 is 22.5 Å². The molecule has 17 heavy (non-hydrogen) atoms. The Balaban J connectivity index is 0. The van der Waals surface area contributed by atoms with Crippen LogP contribution in [-0.2, 0) is 11.2 Å². The summed E-state index contributed by atoms with van der Waals surface area (Å²) < 4.78 is 0.999. The average Bonchev–Trinajstić information content (AvgIpc) is 2.76. The van der Waals surface area contributed by atoms with Crippen molar-refractivity contribution in [1.29, 1.82) is 0 Å². The normalized spacial score (nSPS) is 10.4. The summed E-state index contributed by atoms with van der Waals surface area (Å²) in [5.74, 6) is 0.0816. The lowest BCUT2D eigenvalue weighted by Gasteiger charge is -1.96. The van der Waals surface area contributed by atoms with E-state index in [0.717, 1.165) is 15.7 Å². The van der Waals surface area contributed by atoms with Gasteiger partial charge in [0.05, 0.1) is 6.42 Å². The summed E-state index contributed by atoms with van der Waals surface area (Å²) in [6.45, 7) is 0. The fourth-order valence-corrected chi connectivity index (χ4v) is 1.55. The number of rotatable bonds is 0. The van der Waals surface area contributed by atoms with Gasteiger partial charge in [-0.3, -0.25) is 4.79 Å². The van der Waals surface area contributed by atoms with E-state index in [1.165, 1.54) is 21.1 Å². The van der Waals surface area contributed by atoms with E-state index in [9.17, 15) is 4.79 Å². The second kappa shape index (κ2) is 11.5. The highest BCUT2D eigenvalue weighted by Gasteiger charge is 2.16. The van der Waals surface area contributed by atoms with Crippen molar-refractivity contribution in [2.45, 2.75) is 6.42 Å². The molecule has 2 rings (SSSR count). The smallest absolute Gasteiger partial charge is 0.228 e. The fraction of sp³-hybridized carbons (Fsp3) is 0.364. The van der Waals surface area contributed by atoms with Crippen molar-refractivity contribution in [1.82, 2.24) is 0 Å². The minimum absolute atomic E-state index is 0.0816. The minimum Gasteiger partial charge on any atom is -0.333 e. The second-order valence-corrected chi connectivity index (χ2v) is 3.44. The Morgan fingerprint density at radius 3 is 2.18 bits per heavy atom. The van der Waals surface area contributed by atoms with Gasteiger partial charge in [0.2, 0.25) is 5.91 Å². The van der Waals surface area contributed by atoms with Crippen LogP contribution < -0.4 is 22.5 Å². The first-order chi connectivity index (χ1) is 8.25. The lowest BCUT2D eigenvalue weighted by Crippen LogP contribution is -2.03. The molecule has 0 aromatic heterocycles. The number of amides is 1. The predicted molar refractivity (Wildman–Crippen MR) is 76.8 cm³/mol. The SMILES string of the molecule is CN.CN.CN.O=C1Cc2ccc(Br)cc2N1. The molecule has 0 saturated carbocycles. The van der Waals surface area contributed by atoms with Gasteiger partial charge in [-0.05, 0) is 38.8 Å². The molecule has 1 amide bonds. The van der Waals surface area contributed by atoms with Crippen molar-refractivity contribution < 1.29 is 4.79 Å². The van der Waals surface area contributed by atoms with Crippen LogP contribution in [0, 0.1) is 0 Å². The molecule has 1 aromatic carbocycles. The standard InChI is InChI=1S/C8H6BrNO.3CH5N/c9-6-2-1-5-3-8(11)10-7(5)4-6;3*1-2/h1-2,4H,3H2,(H,10,11);3*2H2,1H3. The van der Waals surface area contributed by atoms with Crippen molar-refractivity contribution in [3.8, 4) is 0 Å². The quantitative estimate of drug-likeness (QED) is 0.565. The summed E-state index contributed by atoms with van der Waals surface area (Å²) in [5.41, 5.74) is 15.5. The summed E-state index contributed by atoms with van der Waals surface area (Å²) in [6, 6.07) is 5.82. The number of fused-ring (bicyclic) bond motifs is 1. The molecule has 0 atom stereocenters. The highest BCUT2D eigenvalue weighted by atomic mass is 79.9. The molecule has 0 bridgehead atoms. The molecule has 1 heterocycles. The summed E-state index contributed by atoms with van der Waals surface area (Å²) in [4.78, 5) is 10.9. The molecule has 0 fully saturated rings. The topological polar surface area (TPSA) is 107 Å². The molecule has 0 saturated heterocycles. The largest absolute Gasteiger partial charge is 0.333 e. The number of nitrogens with two attached hydrogens (primary N) is 3. The van der Waals surface area contributed by atoms with Crippen LogP contribution in [0.4, 0.5) is 5.69 Å². The Bertz CT molecular complexity index is 331. The summed E-state index contributed by atoms with van der Waals surface area (Å²) in [5, 5.41) is 2.77. The first-order valence-electron chi connectivity index (χ1n) is 5.07. The Morgan fingerprint density at radius 1 is 1.12 bits per heavy atom. The van der Waals surface area contributed by atoms with E-state index >= 15 is 0 Å². The number of halogens is 1. The van der Waals surface area contributed by atoms with Crippen LogP contribution in [0.15, 0.2) is 22.7 Å². The molecule has 0 unspecified atom stereocenters. The third kappa shape index (κ3) is 6.38. The molecule has 98 valence electrons. The summed E-state index contributed by atoms with van der Waals surface area (Å²) >= 11 is 3.33. The van der Waals surface area contributed by atoms with Gasteiger partial charge >= 0.3 is 0 Å². The van der Waals surface area contributed by atoms with E-state index in [1.54, 1.807) is 0 Å². The Hall–Kier alpha value is -0.950. The molecule has 0 radical (unpaired) electrons. The minimum atomic E-state index is 0.0816. The third-order valence-electron chi connectivity index (χ3n) is 1.70. The first-order valence-corrected chi connectivity index (χ1v) is 5.86. The molecule has 7 N–H and O–H groups in total. The maximum Gasteiger partial charge on any atom is 0.228 e. The molecular formula is C11H21BrN4O. The van der Waals surface area contributed by atoms with Gasteiger partial charge in [-0.25, -0.2) is 0 Å². The monoisotopic (exact) mass is 304 g/mol. The van der Waals surface area contributed by atoms with Crippen LogP contribution in [0.5, 0.6) is 0 Å². The lowest BCUT2D eigenvalue weighted by molar-refractivity contribution is -0.115. The summed E-state index contributed by atoms with van der Waals surface area (Å²) in [7, 11) is 4.50. The lowest BCUT2D eigenvalue weighted by atomic mass is 10.2. The maximum absolute atomic E-state index is 10.9. The summed E-state index contributed by atoms with van der Waals surface area (Å²) in [6.07, 6.45) is 0.516. The first kappa shape index (κ1) is 18.4. The van der Waals surface area contributed by atoms with Gasteiger partial charge in [-0.15, -0.1) is 0 Å². The molecule has 1 aliphatic heterocycles.